The maximum atomic E-state index is 12.6. The van der Waals surface area contributed by atoms with Crippen molar-refractivity contribution in [3.63, 3.8) is 0 Å². The summed E-state index contributed by atoms with van der Waals surface area (Å²) in [5.74, 6) is -0.940. The Hall–Kier alpha value is -2.29. The van der Waals surface area contributed by atoms with Crippen molar-refractivity contribution in [1.29, 1.82) is 5.26 Å². The van der Waals surface area contributed by atoms with Crippen LogP contribution < -0.4 is 0 Å². The molecule has 1 aromatic heterocycles. The lowest BCUT2D eigenvalue weighted by Gasteiger charge is -2.10. The van der Waals surface area contributed by atoms with Gasteiger partial charge in [-0.1, -0.05) is 12.1 Å². The van der Waals surface area contributed by atoms with Crippen molar-refractivity contribution in [3.8, 4) is 6.07 Å². The van der Waals surface area contributed by atoms with E-state index < -0.39 is 12.0 Å². The number of halogens is 3. The first-order valence-electron chi connectivity index (χ1n) is 5.08. The van der Waals surface area contributed by atoms with Gasteiger partial charge in [0.15, 0.2) is 0 Å². The first-order chi connectivity index (χ1) is 8.50. The van der Waals surface area contributed by atoms with Crippen LogP contribution in [0.3, 0.4) is 0 Å². The first-order valence-corrected chi connectivity index (χ1v) is 5.08. The predicted molar refractivity (Wildman–Crippen MR) is 57.5 cm³/mol. The Bertz CT molecular complexity index is 593. The van der Waals surface area contributed by atoms with Crippen molar-refractivity contribution in [2.45, 2.75) is 12.7 Å². The monoisotopic (exact) mass is 251 g/mol. The largest absolute Gasteiger partial charge is 0.449 e. The van der Waals surface area contributed by atoms with E-state index in [1.54, 1.807) is 24.3 Å². The molecule has 3 nitrogen and oxygen atoms in total. The summed E-state index contributed by atoms with van der Waals surface area (Å²) in [6, 6.07) is 8.40. The van der Waals surface area contributed by atoms with Gasteiger partial charge in [-0.25, -0.2) is 4.98 Å². The third kappa shape index (κ3) is 2.51. The van der Waals surface area contributed by atoms with Crippen LogP contribution in [0.25, 0.3) is 0 Å². The van der Waals surface area contributed by atoms with Crippen LogP contribution in [-0.4, -0.2) is 9.55 Å². The third-order valence-electron chi connectivity index (χ3n) is 2.38. The molecule has 0 amide bonds. The highest BCUT2D eigenvalue weighted by atomic mass is 19.4. The minimum Gasteiger partial charge on any atom is -0.323 e. The molecule has 1 aromatic carbocycles. The number of alkyl halides is 3. The predicted octanol–water partition coefficient (Wildman–Crippen LogP) is 2.82. The molecule has 0 saturated heterocycles. The van der Waals surface area contributed by atoms with Crippen LogP contribution in [-0.2, 0) is 12.7 Å². The summed E-state index contributed by atoms with van der Waals surface area (Å²) in [6.07, 6.45) is -2.10. The fourth-order valence-corrected chi connectivity index (χ4v) is 1.63. The maximum Gasteiger partial charge on any atom is 0.449 e. The number of benzene rings is 1. The summed E-state index contributed by atoms with van der Waals surface area (Å²) in [7, 11) is 0. The number of nitrogens with zero attached hydrogens (tertiary/aromatic N) is 3. The van der Waals surface area contributed by atoms with Crippen LogP contribution in [0.4, 0.5) is 13.2 Å². The SMILES string of the molecule is N#Cc1cccc(Cn2ccnc2C(F)(F)F)c1. The Balaban J connectivity index is 2.30. The molecule has 0 saturated carbocycles. The second kappa shape index (κ2) is 4.53. The number of nitriles is 1. The number of imidazole rings is 1. The van der Waals surface area contributed by atoms with Gasteiger partial charge in [0.05, 0.1) is 11.6 Å². The summed E-state index contributed by atoms with van der Waals surface area (Å²) < 4.78 is 38.8. The Morgan fingerprint density at radius 3 is 2.78 bits per heavy atom. The summed E-state index contributed by atoms with van der Waals surface area (Å²) >= 11 is 0. The van der Waals surface area contributed by atoms with E-state index in [2.05, 4.69) is 4.98 Å². The van der Waals surface area contributed by atoms with Crippen molar-refractivity contribution in [2.24, 2.45) is 0 Å². The zero-order chi connectivity index (χ0) is 13.2. The second-order valence-corrected chi connectivity index (χ2v) is 3.69. The van der Waals surface area contributed by atoms with Crippen molar-refractivity contribution in [1.82, 2.24) is 9.55 Å². The molecule has 18 heavy (non-hydrogen) atoms. The molecular weight excluding hydrogens is 243 g/mol. The summed E-state index contributed by atoms with van der Waals surface area (Å²) in [4.78, 5) is 3.30. The van der Waals surface area contributed by atoms with Crippen molar-refractivity contribution in [3.05, 3.63) is 53.6 Å². The Morgan fingerprint density at radius 1 is 1.33 bits per heavy atom. The Kier molecular flexibility index (Phi) is 3.06. The minimum absolute atomic E-state index is 0.0321. The standard InChI is InChI=1S/C12H8F3N3/c13-12(14,15)11-17-4-5-18(11)8-10-3-1-2-9(6-10)7-16/h1-6H,8H2. The van der Waals surface area contributed by atoms with Gasteiger partial charge >= 0.3 is 6.18 Å². The van der Waals surface area contributed by atoms with E-state index in [4.69, 9.17) is 5.26 Å². The molecule has 0 aliphatic heterocycles. The highest BCUT2D eigenvalue weighted by Crippen LogP contribution is 2.28. The second-order valence-electron chi connectivity index (χ2n) is 3.69. The van der Waals surface area contributed by atoms with Crippen LogP contribution in [0, 0.1) is 11.3 Å². The summed E-state index contributed by atoms with van der Waals surface area (Å²) in [6.45, 7) is 0.0321. The van der Waals surface area contributed by atoms with Gasteiger partial charge in [-0.05, 0) is 17.7 Å². The van der Waals surface area contributed by atoms with E-state index in [9.17, 15) is 13.2 Å². The molecule has 0 N–H and O–H groups in total. The maximum absolute atomic E-state index is 12.6. The molecule has 0 aliphatic rings. The lowest BCUT2D eigenvalue weighted by Crippen LogP contribution is -2.15. The minimum atomic E-state index is -4.48. The molecule has 0 atom stereocenters. The average Bonchev–Trinajstić information content (AvgIpc) is 2.77. The lowest BCUT2D eigenvalue weighted by atomic mass is 10.1. The molecule has 0 bridgehead atoms. The molecular formula is C12H8F3N3. The van der Waals surface area contributed by atoms with Gasteiger partial charge in [-0.3, -0.25) is 0 Å². The summed E-state index contributed by atoms with van der Waals surface area (Å²) in [5.41, 5.74) is 1.04. The fourth-order valence-electron chi connectivity index (χ4n) is 1.63. The van der Waals surface area contributed by atoms with Gasteiger partial charge in [-0.2, -0.15) is 18.4 Å². The van der Waals surface area contributed by atoms with Crippen LogP contribution in [0.2, 0.25) is 0 Å². The van der Waals surface area contributed by atoms with Gasteiger partial charge in [-0.15, -0.1) is 0 Å². The zero-order valence-corrected chi connectivity index (χ0v) is 9.15. The van der Waals surface area contributed by atoms with E-state index in [1.165, 1.54) is 6.20 Å². The van der Waals surface area contributed by atoms with Gasteiger partial charge in [0.1, 0.15) is 0 Å². The quantitative estimate of drug-likeness (QED) is 0.823. The molecule has 0 fully saturated rings. The summed E-state index contributed by atoms with van der Waals surface area (Å²) in [5, 5.41) is 8.72. The van der Waals surface area contributed by atoms with E-state index in [0.29, 0.717) is 11.1 Å². The van der Waals surface area contributed by atoms with Gasteiger partial charge < -0.3 is 4.57 Å². The van der Waals surface area contributed by atoms with Crippen LogP contribution in [0.15, 0.2) is 36.7 Å². The van der Waals surface area contributed by atoms with Crippen LogP contribution >= 0.6 is 0 Å². The average molecular weight is 251 g/mol. The Labute approximate surface area is 101 Å². The molecule has 2 rings (SSSR count). The fraction of sp³-hybridized carbons (Fsp3) is 0.167. The molecule has 92 valence electrons. The van der Waals surface area contributed by atoms with E-state index in [1.807, 2.05) is 6.07 Å². The lowest BCUT2D eigenvalue weighted by molar-refractivity contribution is -0.147. The van der Waals surface area contributed by atoms with Crippen molar-refractivity contribution < 1.29 is 13.2 Å². The number of hydrogen-bond donors (Lipinski definition) is 0. The van der Waals surface area contributed by atoms with Gasteiger partial charge in [0, 0.05) is 18.9 Å². The number of hydrogen-bond acceptors (Lipinski definition) is 2. The molecule has 1 heterocycles. The third-order valence-corrected chi connectivity index (χ3v) is 2.38. The van der Waals surface area contributed by atoms with Crippen molar-refractivity contribution in [2.75, 3.05) is 0 Å². The van der Waals surface area contributed by atoms with Crippen LogP contribution in [0.5, 0.6) is 0 Å². The highest BCUT2D eigenvalue weighted by Gasteiger charge is 2.35. The zero-order valence-electron chi connectivity index (χ0n) is 9.15. The van der Waals surface area contributed by atoms with E-state index in [0.717, 1.165) is 10.8 Å². The highest BCUT2D eigenvalue weighted by molar-refractivity contribution is 5.33. The molecule has 0 unspecified atom stereocenters. The molecule has 2 aromatic rings. The van der Waals surface area contributed by atoms with E-state index >= 15 is 0 Å². The van der Waals surface area contributed by atoms with Gasteiger partial charge in [0.25, 0.3) is 0 Å². The molecule has 0 radical (unpaired) electrons. The first kappa shape index (κ1) is 12.2. The topological polar surface area (TPSA) is 41.6 Å². The van der Waals surface area contributed by atoms with Crippen molar-refractivity contribution >= 4 is 0 Å². The van der Waals surface area contributed by atoms with E-state index in [-0.39, 0.29) is 6.54 Å². The Morgan fingerprint density at radius 2 is 2.11 bits per heavy atom. The normalized spacial score (nSPS) is 11.2. The van der Waals surface area contributed by atoms with Gasteiger partial charge in [0.2, 0.25) is 5.82 Å². The number of aromatic nitrogens is 2. The molecule has 6 heteroatoms. The smallest absolute Gasteiger partial charge is 0.323 e. The van der Waals surface area contributed by atoms with Crippen LogP contribution in [0.1, 0.15) is 17.0 Å². The number of rotatable bonds is 2. The molecule has 0 spiro atoms. The molecule has 0 aliphatic carbocycles.